The number of carbonyl (C=O) groups is 1. The number of hydrogen-bond acceptors (Lipinski definition) is 2. The molecule has 30 heavy (non-hydrogen) atoms. The third kappa shape index (κ3) is 9.54. The Balaban J connectivity index is 0.00000198. The average molecular weight is 425 g/mol. The lowest BCUT2D eigenvalue weighted by Gasteiger charge is -2.42. The number of aliphatic carboxylic acids is 1. The zero-order chi connectivity index (χ0) is 23.2. The second kappa shape index (κ2) is 15.9. The standard InChI is InChI=1S/C23H40O3.2C2H6/c1-17-16-18(2)20(11-8-12-21(24)23(3)14-9-15-23)19(17)10-6-4-5-7-13-22(25)26;2*1-2/h4,6,17-21,24H,5,7-16H2,1-3H3,(H,25,26);2*1-2H3/b6-4-;;/t17?,18-,19+,20+,21?;;/m1../s1. The van der Waals surface area contributed by atoms with Crippen LogP contribution < -0.4 is 0 Å². The molecule has 0 saturated heterocycles. The van der Waals surface area contributed by atoms with Crippen LogP contribution in [0.5, 0.6) is 0 Å². The van der Waals surface area contributed by atoms with Crippen molar-refractivity contribution in [1.29, 1.82) is 0 Å². The highest BCUT2D eigenvalue weighted by Crippen LogP contribution is 2.47. The predicted octanol–water partition coefficient (Wildman–Crippen LogP) is 7.87. The van der Waals surface area contributed by atoms with E-state index in [2.05, 4.69) is 32.9 Å². The minimum atomic E-state index is -0.699. The first-order valence-corrected chi connectivity index (χ1v) is 12.9. The number of aliphatic hydroxyl groups excluding tert-OH is 1. The Morgan fingerprint density at radius 3 is 2.17 bits per heavy atom. The largest absolute Gasteiger partial charge is 0.481 e. The van der Waals surface area contributed by atoms with E-state index in [0.29, 0.717) is 0 Å². The van der Waals surface area contributed by atoms with Crippen molar-refractivity contribution in [1.82, 2.24) is 0 Å². The van der Waals surface area contributed by atoms with Crippen LogP contribution >= 0.6 is 0 Å². The zero-order valence-electron chi connectivity index (χ0n) is 21.1. The van der Waals surface area contributed by atoms with Gasteiger partial charge in [-0.15, -0.1) is 0 Å². The molecule has 0 aromatic carbocycles. The summed E-state index contributed by atoms with van der Waals surface area (Å²) in [6, 6.07) is 0. The van der Waals surface area contributed by atoms with Gasteiger partial charge < -0.3 is 10.2 Å². The van der Waals surface area contributed by atoms with Crippen molar-refractivity contribution in [2.24, 2.45) is 29.1 Å². The molecule has 0 aromatic rings. The predicted molar refractivity (Wildman–Crippen MR) is 130 cm³/mol. The summed E-state index contributed by atoms with van der Waals surface area (Å²) in [7, 11) is 0. The Hall–Kier alpha value is -0.830. The lowest BCUT2D eigenvalue weighted by Crippen LogP contribution is -2.38. The molecule has 3 nitrogen and oxygen atoms in total. The van der Waals surface area contributed by atoms with E-state index in [0.717, 1.165) is 55.8 Å². The third-order valence-corrected chi connectivity index (χ3v) is 7.41. The molecule has 2 saturated carbocycles. The van der Waals surface area contributed by atoms with Crippen molar-refractivity contribution in [3.05, 3.63) is 12.2 Å². The summed E-state index contributed by atoms with van der Waals surface area (Å²) in [6.45, 7) is 15.0. The minimum absolute atomic E-state index is 0.113. The van der Waals surface area contributed by atoms with Crippen molar-refractivity contribution < 1.29 is 15.0 Å². The van der Waals surface area contributed by atoms with Gasteiger partial charge in [0.1, 0.15) is 0 Å². The van der Waals surface area contributed by atoms with Gasteiger partial charge in [-0.05, 0) is 80.5 Å². The summed E-state index contributed by atoms with van der Waals surface area (Å²) in [4.78, 5) is 10.6. The first-order valence-electron chi connectivity index (χ1n) is 12.9. The van der Waals surface area contributed by atoms with Crippen LogP contribution in [0.1, 0.15) is 119 Å². The van der Waals surface area contributed by atoms with Crippen molar-refractivity contribution in [3.8, 4) is 0 Å². The smallest absolute Gasteiger partial charge is 0.303 e. The fourth-order valence-corrected chi connectivity index (χ4v) is 5.39. The molecule has 0 aromatic heterocycles. The molecule has 2 rings (SSSR count). The van der Waals surface area contributed by atoms with Crippen molar-refractivity contribution >= 4 is 5.97 Å². The lowest BCUT2D eigenvalue weighted by molar-refractivity contribution is -0.137. The van der Waals surface area contributed by atoms with Crippen molar-refractivity contribution in [2.45, 2.75) is 125 Å². The van der Waals surface area contributed by atoms with Gasteiger partial charge in [0.25, 0.3) is 0 Å². The van der Waals surface area contributed by atoms with E-state index in [9.17, 15) is 9.90 Å². The summed E-state index contributed by atoms with van der Waals surface area (Å²) in [6.07, 6.45) is 15.7. The number of unbranched alkanes of at least 4 members (excludes halogenated alkanes) is 1. The molecule has 0 radical (unpaired) electrons. The maximum absolute atomic E-state index is 10.6. The SMILES string of the molecule is CC.CC.CC1C[C@@H](C)[C@H](CCCC(O)C2(C)CCC2)[C@H]1C/C=C\CCCC(=O)O. The molecule has 0 amide bonds. The number of allylic oxidation sites excluding steroid dienone is 2. The maximum Gasteiger partial charge on any atom is 0.303 e. The van der Waals surface area contributed by atoms with Crippen molar-refractivity contribution in [3.63, 3.8) is 0 Å². The van der Waals surface area contributed by atoms with E-state index in [4.69, 9.17) is 5.11 Å². The number of carboxylic acid groups (broad SMARTS) is 1. The zero-order valence-corrected chi connectivity index (χ0v) is 21.1. The fraction of sp³-hybridized carbons (Fsp3) is 0.889. The third-order valence-electron chi connectivity index (χ3n) is 7.41. The minimum Gasteiger partial charge on any atom is -0.481 e. The van der Waals surface area contributed by atoms with E-state index in [1.807, 2.05) is 27.7 Å². The molecule has 2 unspecified atom stereocenters. The molecule has 0 aliphatic heterocycles. The van der Waals surface area contributed by atoms with Gasteiger partial charge in [-0.2, -0.15) is 0 Å². The normalized spacial score (nSPS) is 28.0. The van der Waals surface area contributed by atoms with Gasteiger partial charge in [0.15, 0.2) is 0 Å². The van der Waals surface area contributed by atoms with E-state index in [1.54, 1.807) is 0 Å². The Morgan fingerprint density at radius 2 is 1.63 bits per heavy atom. The molecule has 2 aliphatic carbocycles. The van der Waals surface area contributed by atoms with Crippen LogP contribution in [0.4, 0.5) is 0 Å². The highest BCUT2D eigenvalue weighted by atomic mass is 16.4. The summed E-state index contributed by atoms with van der Waals surface area (Å²) in [5.74, 6) is 2.38. The van der Waals surface area contributed by atoms with E-state index >= 15 is 0 Å². The van der Waals surface area contributed by atoms with Crippen LogP contribution in [0.15, 0.2) is 12.2 Å². The second-order valence-corrected chi connectivity index (χ2v) is 9.47. The molecular weight excluding hydrogens is 372 g/mol. The molecular formula is C27H52O3. The summed E-state index contributed by atoms with van der Waals surface area (Å²) < 4.78 is 0. The van der Waals surface area contributed by atoms with Crippen LogP contribution in [0.2, 0.25) is 0 Å². The molecule has 3 heteroatoms. The van der Waals surface area contributed by atoms with Gasteiger partial charge in [-0.1, -0.05) is 73.5 Å². The van der Waals surface area contributed by atoms with E-state index in [1.165, 1.54) is 32.1 Å². The van der Waals surface area contributed by atoms with Gasteiger partial charge in [-0.25, -0.2) is 0 Å². The monoisotopic (exact) mass is 424 g/mol. The van der Waals surface area contributed by atoms with E-state index in [-0.39, 0.29) is 17.9 Å². The maximum atomic E-state index is 10.6. The molecule has 5 atom stereocenters. The van der Waals surface area contributed by atoms with Gasteiger partial charge in [-0.3, -0.25) is 4.79 Å². The van der Waals surface area contributed by atoms with Crippen LogP contribution in [0.3, 0.4) is 0 Å². The first-order chi connectivity index (χ1) is 14.3. The molecule has 2 fully saturated rings. The highest BCUT2D eigenvalue weighted by Gasteiger charge is 2.40. The lowest BCUT2D eigenvalue weighted by atomic mass is 9.65. The molecule has 2 N–H and O–H groups in total. The van der Waals surface area contributed by atoms with Crippen molar-refractivity contribution in [2.75, 3.05) is 0 Å². The quantitative estimate of drug-likeness (QED) is 0.262. The highest BCUT2D eigenvalue weighted by molar-refractivity contribution is 5.66. The van der Waals surface area contributed by atoms with Gasteiger partial charge in [0.2, 0.25) is 0 Å². The number of carboxylic acids is 1. The summed E-state index contributed by atoms with van der Waals surface area (Å²) in [5.41, 5.74) is 0.201. The Bertz CT molecular complexity index is 467. The molecule has 0 spiro atoms. The molecule has 2 aliphatic rings. The molecule has 178 valence electrons. The topological polar surface area (TPSA) is 57.5 Å². The molecule has 0 bridgehead atoms. The Morgan fingerprint density at radius 1 is 1.03 bits per heavy atom. The number of hydrogen-bond donors (Lipinski definition) is 2. The summed E-state index contributed by atoms with van der Waals surface area (Å²) in [5, 5.41) is 19.2. The van der Waals surface area contributed by atoms with Gasteiger partial charge in [0.05, 0.1) is 6.10 Å². The van der Waals surface area contributed by atoms with Gasteiger partial charge >= 0.3 is 5.97 Å². The second-order valence-electron chi connectivity index (χ2n) is 9.47. The molecule has 0 heterocycles. The first kappa shape index (κ1) is 29.2. The summed E-state index contributed by atoms with van der Waals surface area (Å²) >= 11 is 0. The van der Waals surface area contributed by atoms with Gasteiger partial charge in [0, 0.05) is 6.42 Å². The Labute approximate surface area is 187 Å². The van der Waals surface area contributed by atoms with E-state index < -0.39 is 5.97 Å². The average Bonchev–Trinajstić information content (AvgIpc) is 2.98. The van der Waals surface area contributed by atoms with Crippen LogP contribution in [-0.4, -0.2) is 22.3 Å². The van der Waals surface area contributed by atoms with Crippen LogP contribution in [-0.2, 0) is 4.79 Å². The number of rotatable bonds is 11. The Kier molecular flexibility index (Phi) is 15.5. The van der Waals surface area contributed by atoms with Crippen LogP contribution in [0, 0.1) is 29.1 Å². The van der Waals surface area contributed by atoms with Crippen LogP contribution in [0.25, 0.3) is 0 Å². The number of aliphatic hydroxyl groups is 1. The fourth-order valence-electron chi connectivity index (χ4n) is 5.39.